The van der Waals surface area contributed by atoms with Crippen LogP contribution in [0.3, 0.4) is 0 Å². The van der Waals surface area contributed by atoms with Gasteiger partial charge in [0.15, 0.2) is 0 Å². The Kier molecular flexibility index (Phi) is 4.79. The first-order valence-electron chi connectivity index (χ1n) is 7.24. The standard InChI is InChI=1S/C13H26N8/c1-13(5-7-21(4)8-6-13)9-15-10-16-11(19-14)18-12(17-10)20(2)3/h5-9,14H2,1-4H3,(H2,15,16,17,18,19). The molecule has 0 aliphatic carbocycles. The van der Waals surface area contributed by atoms with Crippen molar-refractivity contribution in [2.45, 2.75) is 19.8 Å². The number of hydrogen-bond donors (Lipinski definition) is 3. The van der Waals surface area contributed by atoms with Gasteiger partial charge in [-0.25, -0.2) is 5.84 Å². The summed E-state index contributed by atoms with van der Waals surface area (Å²) >= 11 is 0. The van der Waals surface area contributed by atoms with Crippen LogP contribution < -0.4 is 21.5 Å². The summed E-state index contributed by atoms with van der Waals surface area (Å²) in [7, 11) is 5.94. The van der Waals surface area contributed by atoms with Crippen molar-refractivity contribution in [1.29, 1.82) is 0 Å². The van der Waals surface area contributed by atoms with E-state index in [2.05, 4.69) is 44.6 Å². The van der Waals surface area contributed by atoms with Gasteiger partial charge in [0.05, 0.1) is 0 Å². The molecular weight excluding hydrogens is 268 g/mol. The van der Waals surface area contributed by atoms with Crippen LogP contribution in [0.15, 0.2) is 0 Å². The fourth-order valence-electron chi connectivity index (χ4n) is 2.34. The van der Waals surface area contributed by atoms with Gasteiger partial charge in [0.2, 0.25) is 17.8 Å². The van der Waals surface area contributed by atoms with Gasteiger partial charge < -0.3 is 15.1 Å². The van der Waals surface area contributed by atoms with Gasteiger partial charge in [-0.05, 0) is 38.4 Å². The summed E-state index contributed by atoms with van der Waals surface area (Å²) in [6, 6.07) is 0. The van der Waals surface area contributed by atoms with E-state index in [-0.39, 0.29) is 5.41 Å². The molecule has 0 radical (unpaired) electrons. The fourth-order valence-corrected chi connectivity index (χ4v) is 2.34. The minimum Gasteiger partial charge on any atom is -0.353 e. The third kappa shape index (κ3) is 4.15. The van der Waals surface area contributed by atoms with Crippen LogP contribution in [0.4, 0.5) is 17.8 Å². The lowest BCUT2D eigenvalue weighted by molar-refractivity contribution is 0.150. The number of nitrogens with one attached hydrogen (secondary N) is 2. The highest BCUT2D eigenvalue weighted by Gasteiger charge is 2.28. The van der Waals surface area contributed by atoms with Crippen LogP contribution in [-0.4, -0.2) is 60.6 Å². The summed E-state index contributed by atoms with van der Waals surface area (Å²) in [5, 5.41) is 3.34. The summed E-state index contributed by atoms with van der Waals surface area (Å²) in [6.07, 6.45) is 2.34. The summed E-state index contributed by atoms with van der Waals surface area (Å²) < 4.78 is 0. The molecule has 8 heteroatoms. The van der Waals surface area contributed by atoms with Gasteiger partial charge in [-0.3, -0.25) is 5.43 Å². The van der Waals surface area contributed by atoms with Gasteiger partial charge >= 0.3 is 0 Å². The molecule has 0 atom stereocenters. The van der Waals surface area contributed by atoms with Gasteiger partial charge in [0, 0.05) is 20.6 Å². The number of piperidine rings is 1. The second-order valence-corrected chi connectivity index (χ2v) is 6.29. The van der Waals surface area contributed by atoms with Crippen LogP contribution in [0.5, 0.6) is 0 Å². The molecule has 2 rings (SSSR count). The number of anilines is 3. The quantitative estimate of drug-likeness (QED) is 0.529. The van der Waals surface area contributed by atoms with Crippen molar-refractivity contribution in [2.75, 3.05) is 56.4 Å². The number of nitrogens with two attached hydrogens (primary N) is 1. The molecule has 118 valence electrons. The summed E-state index contributed by atoms with van der Waals surface area (Å²) in [5.41, 5.74) is 2.75. The third-order valence-electron chi connectivity index (χ3n) is 4.02. The highest BCUT2D eigenvalue weighted by atomic mass is 15.4. The molecule has 8 nitrogen and oxygen atoms in total. The highest BCUT2D eigenvalue weighted by Crippen LogP contribution is 2.30. The van der Waals surface area contributed by atoms with Crippen LogP contribution in [0.25, 0.3) is 0 Å². The number of likely N-dealkylation sites (tertiary alicyclic amines) is 1. The zero-order valence-electron chi connectivity index (χ0n) is 13.3. The Morgan fingerprint density at radius 3 is 2.38 bits per heavy atom. The van der Waals surface area contributed by atoms with E-state index in [0.717, 1.165) is 19.6 Å². The molecule has 2 heterocycles. The van der Waals surface area contributed by atoms with E-state index in [0.29, 0.717) is 17.8 Å². The van der Waals surface area contributed by atoms with E-state index in [4.69, 9.17) is 5.84 Å². The highest BCUT2D eigenvalue weighted by molar-refractivity contribution is 5.42. The van der Waals surface area contributed by atoms with E-state index >= 15 is 0 Å². The largest absolute Gasteiger partial charge is 0.353 e. The average Bonchev–Trinajstić information content (AvgIpc) is 2.48. The first kappa shape index (κ1) is 15.7. The molecule has 0 spiro atoms. The van der Waals surface area contributed by atoms with Crippen molar-refractivity contribution in [2.24, 2.45) is 11.3 Å². The number of aromatic nitrogens is 3. The van der Waals surface area contributed by atoms with Crippen LogP contribution in [-0.2, 0) is 0 Å². The molecule has 1 saturated heterocycles. The SMILES string of the molecule is CN1CCC(C)(CNc2nc(NN)nc(N(C)C)n2)CC1. The second kappa shape index (κ2) is 6.40. The molecule has 0 aromatic carbocycles. The molecule has 1 aliphatic rings. The molecule has 21 heavy (non-hydrogen) atoms. The second-order valence-electron chi connectivity index (χ2n) is 6.29. The Balaban J connectivity index is 2.04. The van der Waals surface area contributed by atoms with Crippen LogP contribution >= 0.6 is 0 Å². The molecule has 0 saturated carbocycles. The van der Waals surface area contributed by atoms with Gasteiger partial charge in [-0.15, -0.1) is 0 Å². The molecule has 0 bridgehead atoms. The van der Waals surface area contributed by atoms with E-state index in [1.165, 1.54) is 12.8 Å². The normalized spacial score (nSPS) is 18.3. The summed E-state index contributed by atoms with van der Waals surface area (Å²) in [4.78, 5) is 17.0. The minimum atomic E-state index is 0.272. The molecule has 1 fully saturated rings. The molecular formula is C13H26N8. The molecule has 1 aromatic heterocycles. The molecule has 1 aromatic rings. The van der Waals surface area contributed by atoms with Crippen molar-refractivity contribution in [3.63, 3.8) is 0 Å². The van der Waals surface area contributed by atoms with Crippen molar-refractivity contribution in [3.8, 4) is 0 Å². The Bertz CT molecular complexity index is 467. The molecule has 0 amide bonds. The van der Waals surface area contributed by atoms with E-state index in [9.17, 15) is 0 Å². The minimum absolute atomic E-state index is 0.272. The lowest BCUT2D eigenvalue weighted by Crippen LogP contribution is -2.40. The van der Waals surface area contributed by atoms with Crippen molar-refractivity contribution in [3.05, 3.63) is 0 Å². The maximum atomic E-state index is 5.41. The average molecular weight is 294 g/mol. The zero-order chi connectivity index (χ0) is 15.5. The van der Waals surface area contributed by atoms with Crippen LogP contribution in [0, 0.1) is 5.41 Å². The Morgan fingerprint density at radius 1 is 1.19 bits per heavy atom. The van der Waals surface area contributed by atoms with Crippen LogP contribution in [0.1, 0.15) is 19.8 Å². The number of nitrogen functional groups attached to an aromatic ring is 1. The number of rotatable bonds is 5. The number of hydrazine groups is 1. The molecule has 0 unspecified atom stereocenters. The topological polar surface area (TPSA) is 95.2 Å². The fraction of sp³-hybridized carbons (Fsp3) is 0.769. The third-order valence-corrected chi connectivity index (χ3v) is 4.02. The smallest absolute Gasteiger partial charge is 0.243 e. The van der Waals surface area contributed by atoms with Crippen molar-refractivity contribution >= 4 is 17.8 Å². The Morgan fingerprint density at radius 2 is 1.81 bits per heavy atom. The predicted molar refractivity (Wildman–Crippen MR) is 85.3 cm³/mol. The van der Waals surface area contributed by atoms with Crippen molar-refractivity contribution in [1.82, 2.24) is 19.9 Å². The van der Waals surface area contributed by atoms with Gasteiger partial charge in [0.25, 0.3) is 0 Å². The zero-order valence-corrected chi connectivity index (χ0v) is 13.3. The predicted octanol–water partition coefficient (Wildman–Crippen LogP) is 0.367. The van der Waals surface area contributed by atoms with Gasteiger partial charge in [0.1, 0.15) is 0 Å². The lowest BCUT2D eigenvalue weighted by Gasteiger charge is -2.37. The summed E-state index contributed by atoms with van der Waals surface area (Å²) in [6.45, 7) is 5.42. The van der Waals surface area contributed by atoms with Gasteiger partial charge in [-0.1, -0.05) is 6.92 Å². The first-order chi connectivity index (χ1) is 9.92. The van der Waals surface area contributed by atoms with E-state index in [1.54, 1.807) is 0 Å². The summed E-state index contributed by atoms with van der Waals surface area (Å²) in [5.74, 6) is 6.91. The number of hydrogen-bond acceptors (Lipinski definition) is 8. The first-order valence-corrected chi connectivity index (χ1v) is 7.24. The van der Waals surface area contributed by atoms with E-state index < -0.39 is 0 Å². The maximum Gasteiger partial charge on any atom is 0.243 e. The molecule has 4 N–H and O–H groups in total. The monoisotopic (exact) mass is 294 g/mol. The lowest BCUT2D eigenvalue weighted by atomic mass is 9.80. The van der Waals surface area contributed by atoms with E-state index in [1.807, 2.05) is 19.0 Å². The van der Waals surface area contributed by atoms with Crippen molar-refractivity contribution < 1.29 is 0 Å². The van der Waals surface area contributed by atoms with Gasteiger partial charge in [-0.2, -0.15) is 15.0 Å². The molecule has 1 aliphatic heterocycles. The maximum absolute atomic E-state index is 5.41. The Labute approximate surface area is 126 Å². The van der Waals surface area contributed by atoms with Crippen LogP contribution in [0.2, 0.25) is 0 Å². The Hall–Kier alpha value is -1.67. The number of nitrogens with zero attached hydrogens (tertiary/aromatic N) is 5.